The first-order valence-electron chi connectivity index (χ1n) is 10.2. The van der Waals surface area contributed by atoms with Crippen molar-refractivity contribution in [2.75, 3.05) is 20.1 Å². The van der Waals surface area contributed by atoms with E-state index in [1.54, 1.807) is 0 Å². The summed E-state index contributed by atoms with van der Waals surface area (Å²) in [5.41, 5.74) is 2.71. The standard InChI is InChI=1S/C23H29ClN4/c1-25-23(27-22-15-21(22)18-8-5-9-19(24)14-18)26-20-10-12-28(13-11-20)16-17-6-3-2-4-7-17/h2-9,14,20-22H,10-13,15-16H2,1H3,(H2,25,26,27). The third-order valence-electron chi connectivity index (χ3n) is 5.79. The van der Waals surface area contributed by atoms with Gasteiger partial charge < -0.3 is 10.6 Å². The van der Waals surface area contributed by atoms with Crippen LogP contribution in [0.25, 0.3) is 0 Å². The molecule has 0 aromatic heterocycles. The van der Waals surface area contributed by atoms with Crippen molar-refractivity contribution in [3.63, 3.8) is 0 Å². The zero-order valence-corrected chi connectivity index (χ0v) is 17.2. The lowest BCUT2D eigenvalue weighted by atomic mass is 10.0. The average molecular weight is 397 g/mol. The molecule has 4 nitrogen and oxygen atoms in total. The minimum Gasteiger partial charge on any atom is -0.354 e. The molecule has 0 radical (unpaired) electrons. The van der Waals surface area contributed by atoms with E-state index in [2.05, 4.69) is 63.0 Å². The predicted octanol–water partition coefficient (Wildman–Crippen LogP) is 4.03. The van der Waals surface area contributed by atoms with Crippen molar-refractivity contribution < 1.29 is 0 Å². The molecule has 2 N–H and O–H groups in total. The van der Waals surface area contributed by atoms with Gasteiger partial charge in [0, 0.05) is 49.7 Å². The second-order valence-corrected chi connectivity index (χ2v) is 8.34. The van der Waals surface area contributed by atoms with Gasteiger partial charge in [0.2, 0.25) is 0 Å². The maximum Gasteiger partial charge on any atom is 0.191 e. The molecule has 2 atom stereocenters. The monoisotopic (exact) mass is 396 g/mol. The Labute approximate surface area is 173 Å². The average Bonchev–Trinajstić information content (AvgIpc) is 3.49. The van der Waals surface area contributed by atoms with Crippen LogP contribution in [-0.2, 0) is 6.54 Å². The number of aliphatic imine (C=N–C) groups is 1. The lowest BCUT2D eigenvalue weighted by Gasteiger charge is -2.33. The van der Waals surface area contributed by atoms with E-state index in [1.807, 2.05) is 19.2 Å². The lowest BCUT2D eigenvalue weighted by Crippen LogP contribution is -2.49. The minimum absolute atomic E-state index is 0.447. The van der Waals surface area contributed by atoms with Gasteiger partial charge in [-0.25, -0.2) is 0 Å². The highest BCUT2D eigenvalue weighted by atomic mass is 35.5. The maximum atomic E-state index is 6.13. The quantitative estimate of drug-likeness (QED) is 0.592. The van der Waals surface area contributed by atoms with Gasteiger partial charge in [0.05, 0.1) is 0 Å². The molecular weight excluding hydrogens is 368 g/mol. The first-order valence-corrected chi connectivity index (χ1v) is 10.6. The van der Waals surface area contributed by atoms with Crippen molar-refractivity contribution in [1.29, 1.82) is 0 Å². The molecule has 1 aliphatic heterocycles. The van der Waals surface area contributed by atoms with E-state index in [1.165, 1.54) is 11.1 Å². The van der Waals surface area contributed by atoms with Crippen molar-refractivity contribution in [3.05, 3.63) is 70.7 Å². The van der Waals surface area contributed by atoms with Crippen LogP contribution in [0.3, 0.4) is 0 Å². The summed E-state index contributed by atoms with van der Waals surface area (Å²) >= 11 is 6.13. The number of piperidine rings is 1. The van der Waals surface area contributed by atoms with E-state index in [4.69, 9.17) is 11.6 Å². The summed E-state index contributed by atoms with van der Waals surface area (Å²) in [5.74, 6) is 1.46. The van der Waals surface area contributed by atoms with E-state index in [0.29, 0.717) is 18.0 Å². The van der Waals surface area contributed by atoms with E-state index in [0.717, 1.165) is 49.9 Å². The van der Waals surface area contributed by atoms with Crippen LogP contribution in [0.5, 0.6) is 0 Å². The smallest absolute Gasteiger partial charge is 0.191 e. The first kappa shape index (κ1) is 19.3. The van der Waals surface area contributed by atoms with Crippen molar-refractivity contribution >= 4 is 17.6 Å². The van der Waals surface area contributed by atoms with Crippen LogP contribution in [0.1, 0.15) is 36.3 Å². The Hall–Kier alpha value is -2.04. The Morgan fingerprint density at radius 1 is 1.07 bits per heavy atom. The SMILES string of the molecule is CN=C(NC1CCN(Cc2ccccc2)CC1)NC1CC1c1cccc(Cl)c1. The fourth-order valence-electron chi connectivity index (χ4n) is 4.08. The molecule has 0 spiro atoms. The molecule has 1 saturated carbocycles. The summed E-state index contributed by atoms with van der Waals surface area (Å²) in [5, 5.41) is 8.03. The molecule has 2 fully saturated rings. The van der Waals surface area contributed by atoms with Gasteiger partial charge in [-0.15, -0.1) is 0 Å². The molecule has 2 aromatic rings. The topological polar surface area (TPSA) is 39.7 Å². The number of likely N-dealkylation sites (tertiary alicyclic amines) is 1. The highest BCUT2D eigenvalue weighted by Crippen LogP contribution is 2.41. The van der Waals surface area contributed by atoms with E-state index in [-0.39, 0.29) is 0 Å². The molecule has 1 aliphatic carbocycles. The van der Waals surface area contributed by atoms with E-state index < -0.39 is 0 Å². The molecule has 148 valence electrons. The number of guanidine groups is 1. The molecule has 2 aromatic carbocycles. The lowest BCUT2D eigenvalue weighted by molar-refractivity contribution is 0.198. The zero-order chi connectivity index (χ0) is 19.3. The second-order valence-electron chi connectivity index (χ2n) is 7.90. The number of benzene rings is 2. The summed E-state index contributed by atoms with van der Waals surface area (Å²) in [6, 6.07) is 19.9. The minimum atomic E-state index is 0.447. The molecule has 1 saturated heterocycles. The van der Waals surface area contributed by atoms with Gasteiger partial charge in [0.15, 0.2) is 5.96 Å². The number of nitrogens with zero attached hydrogens (tertiary/aromatic N) is 2. The van der Waals surface area contributed by atoms with Crippen LogP contribution in [0, 0.1) is 0 Å². The molecular formula is C23H29ClN4. The number of hydrogen-bond acceptors (Lipinski definition) is 2. The summed E-state index contributed by atoms with van der Waals surface area (Å²) in [7, 11) is 1.86. The molecule has 0 amide bonds. The normalized spacial score (nSPS) is 23.4. The van der Waals surface area contributed by atoms with Crippen LogP contribution < -0.4 is 10.6 Å². The number of rotatable bonds is 5. The molecule has 1 heterocycles. The fourth-order valence-corrected chi connectivity index (χ4v) is 4.28. The van der Waals surface area contributed by atoms with Crippen molar-refractivity contribution in [2.24, 2.45) is 4.99 Å². The van der Waals surface area contributed by atoms with Gasteiger partial charge in [-0.2, -0.15) is 0 Å². The Morgan fingerprint density at radius 2 is 1.86 bits per heavy atom. The van der Waals surface area contributed by atoms with Crippen LogP contribution in [0.15, 0.2) is 59.6 Å². The Balaban J connectivity index is 1.22. The second kappa shape index (κ2) is 8.97. The predicted molar refractivity (Wildman–Crippen MR) is 117 cm³/mol. The van der Waals surface area contributed by atoms with Crippen molar-refractivity contribution in [3.8, 4) is 0 Å². The number of hydrogen-bond donors (Lipinski definition) is 2. The molecule has 4 rings (SSSR count). The Bertz CT molecular complexity index is 799. The van der Waals surface area contributed by atoms with Gasteiger partial charge in [0.1, 0.15) is 0 Å². The van der Waals surface area contributed by atoms with Gasteiger partial charge in [0.25, 0.3) is 0 Å². The third-order valence-corrected chi connectivity index (χ3v) is 6.03. The van der Waals surface area contributed by atoms with Crippen LogP contribution in [0.4, 0.5) is 0 Å². The van der Waals surface area contributed by atoms with Crippen LogP contribution in [-0.4, -0.2) is 43.1 Å². The summed E-state index contributed by atoms with van der Waals surface area (Å²) in [6.07, 6.45) is 3.43. The largest absolute Gasteiger partial charge is 0.354 e. The molecule has 28 heavy (non-hydrogen) atoms. The Kier molecular flexibility index (Phi) is 6.18. The Morgan fingerprint density at radius 3 is 2.57 bits per heavy atom. The third kappa shape index (κ3) is 5.06. The molecule has 0 bridgehead atoms. The van der Waals surface area contributed by atoms with Crippen molar-refractivity contribution in [1.82, 2.24) is 15.5 Å². The van der Waals surface area contributed by atoms with Gasteiger partial charge in [-0.05, 0) is 42.5 Å². The van der Waals surface area contributed by atoms with Gasteiger partial charge in [-0.3, -0.25) is 9.89 Å². The first-order chi connectivity index (χ1) is 13.7. The highest BCUT2D eigenvalue weighted by Gasteiger charge is 2.39. The summed E-state index contributed by atoms with van der Waals surface area (Å²) in [4.78, 5) is 6.99. The van der Waals surface area contributed by atoms with Crippen LogP contribution >= 0.6 is 11.6 Å². The van der Waals surface area contributed by atoms with Crippen molar-refractivity contribution in [2.45, 2.75) is 43.8 Å². The number of nitrogens with one attached hydrogen (secondary N) is 2. The summed E-state index contributed by atoms with van der Waals surface area (Å²) < 4.78 is 0. The van der Waals surface area contributed by atoms with Crippen LogP contribution in [0.2, 0.25) is 5.02 Å². The molecule has 2 unspecified atom stereocenters. The van der Waals surface area contributed by atoms with E-state index >= 15 is 0 Å². The highest BCUT2D eigenvalue weighted by molar-refractivity contribution is 6.30. The van der Waals surface area contributed by atoms with Gasteiger partial charge >= 0.3 is 0 Å². The van der Waals surface area contributed by atoms with E-state index in [9.17, 15) is 0 Å². The van der Waals surface area contributed by atoms with Gasteiger partial charge in [-0.1, -0.05) is 54.1 Å². The number of halogens is 1. The maximum absolute atomic E-state index is 6.13. The summed E-state index contributed by atoms with van der Waals surface area (Å²) in [6.45, 7) is 3.29. The molecule has 2 aliphatic rings. The zero-order valence-electron chi connectivity index (χ0n) is 16.4. The fraction of sp³-hybridized carbons (Fsp3) is 0.435. The molecule has 5 heteroatoms.